The van der Waals surface area contributed by atoms with Gasteiger partial charge in [0.15, 0.2) is 11.5 Å². The highest BCUT2D eigenvalue weighted by molar-refractivity contribution is 5.61. The Morgan fingerprint density at radius 1 is 1.36 bits per heavy atom. The molecule has 1 saturated heterocycles. The predicted molar refractivity (Wildman–Crippen MR) is 77.4 cm³/mol. The summed E-state index contributed by atoms with van der Waals surface area (Å²) in [4.78, 5) is 11.2. The number of phenols is 1. The average Bonchev–Trinajstić information content (AvgIpc) is 2.87. The molecular formula is C16H16N2O4. The quantitative estimate of drug-likeness (QED) is 0.602. The Bertz CT molecular complexity index is 718. The maximum absolute atomic E-state index is 11.2. The van der Waals surface area contributed by atoms with E-state index in [2.05, 4.69) is 5.29 Å². The molecule has 2 bridgehead atoms. The zero-order valence-electron chi connectivity index (χ0n) is 11.8. The van der Waals surface area contributed by atoms with E-state index in [1.54, 1.807) is 17.2 Å². The minimum absolute atomic E-state index is 0.0101. The second kappa shape index (κ2) is 3.81. The highest BCUT2D eigenvalue weighted by Gasteiger charge is 2.64. The van der Waals surface area contributed by atoms with Gasteiger partial charge in [-0.25, -0.2) is 0 Å². The number of benzene rings is 1. The lowest BCUT2D eigenvalue weighted by Gasteiger charge is -2.55. The summed E-state index contributed by atoms with van der Waals surface area (Å²) in [5, 5.41) is 25.4. The number of hydrogen-bond donors (Lipinski definition) is 2. The number of phenolic OH excluding ortho intramolecular Hbond substituents is 1. The van der Waals surface area contributed by atoms with Gasteiger partial charge in [-0.05, 0) is 24.5 Å². The molecule has 1 aromatic rings. The number of nitroso groups, excluding NO2 is 1. The molecular weight excluding hydrogens is 284 g/mol. The van der Waals surface area contributed by atoms with E-state index in [0.29, 0.717) is 25.1 Å². The van der Waals surface area contributed by atoms with Crippen molar-refractivity contribution in [2.45, 2.75) is 36.5 Å². The molecule has 5 rings (SSSR count). The predicted octanol–water partition coefficient (Wildman–Crippen LogP) is 1.25. The van der Waals surface area contributed by atoms with Gasteiger partial charge in [-0.1, -0.05) is 18.2 Å². The van der Waals surface area contributed by atoms with Gasteiger partial charge in [0.05, 0.1) is 11.3 Å². The van der Waals surface area contributed by atoms with Crippen molar-refractivity contribution in [3.63, 3.8) is 0 Å². The van der Waals surface area contributed by atoms with Crippen molar-refractivity contribution < 1.29 is 14.9 Å². The third-order valence-electron chi connectivity index (χ3n) is 5.95. The van der Waals surface area contributed by atoms with Crippen molar-refractivity contribution in [3.05, 3.63) is 40.3 Å². The van der Waals surface area contributed by atoms with E-state index in [4.69, 9.17) is 4.74 Å². The monoisotopic (exact) mass is 300 g/mol. The lowest BCUT2D eigenvalue weighted by atomic mass is 9.53. The van der Waals surface area contributed by atoms with Crippen LogP contribution in [0.2, 0.25) is 0 Å². The largest absolute Gasteiger partial charge is 0.504 e. The maximum Gasteiger partial charge on any atom is 0.165 e. The Hall–Kier alpha value is -2.08. The molecule has 2 heterocycles. The van der Waals surface area contributed by atoms with E-state index in [-0.39, 0.29) is 23.1 Å². The van der Waals surface area contributed by atoms with Crippen molar-refractivity contribution in [1.29, 1.82) is 0 Å². The van der Waals surface area contributed by atoms with Crippen LogP contribution >= 0.6 is 0 Å². The van der Waals surface area contributed by atoms with E-state index < -0.39 is 12.2 Å². The first kappa shape index (κ1) is 12.5. The molecule has 1 spiro atoms. The van der Waals surface area contributed by atoms with Gasteiger partial charge in [0.25, 0.3) is 0 Å². The van der Waals surface area contributed by atoms with Crippen LogP contribution in [0.15, 0.2) is 29.6 Å². The molecule has 1 aromatic carbocycles. The van der Waals surface area contributed by atoms with Gasteiger partial charge in [-0.2, -0.15) is 0 Å². The smallest absolute Gasteiger partial charge is 0.165 e. The molecule has 2 aliphatic heterocycles. The first-order valence-corrected chi connectivity index (χ1v) is 7.65. The van der Waals surface area contributed by atoms with Crippen LogP contribution in [0.5, 0.6) is 11.5 Å². The molecule has 2 aliphatic carbocycles. The van der Waals surface area contributed by atoms with E-state index in [0.717, 1.165) is 11.1 Å². The lowest BCUT2D eigenvalue weighted by Crippen LogP contribution is -2.64. The first-order chi connectivity index (χ1) is 10.7. The molecule has 5 atom stereocenters. The average molecular weight is 300 g/mol. The summed E-state index contributed by atoms with van der Waals surface area (Å²) in [6.07, 6.45) is 4.05. The summed E-state index contributed by atoms with van der Waals surface area (Å²) in [5.41, 5.74) is 1.77. The number of aromatic hydroxyl groups is 1. The van der Waals surface area contributed by atoms with E-state index in [1.807, 2.05) is 12.1 Å². The van der Waals surface area contributed by atoms with Crippen LogP contribution in [0.25, 0.3) is 0 Å². The fourth-order valence-corrected chi connectivity index (χ4v) is 5.14. The number of aliphatic hydroxyl groups is 1. The molecule has 114 valence electrons. The van der Waals surface area contributed by atoms with E-state index >= 15 is 0 Å². The standard InChI is InChI=1S/C16H16N2O4/c19-11-3-1-8-7-10-9-2-4-12(20)15-16(9,5-6-18(10)17-21)13(8)14(11)22-15/h1-4,9-10,12,15,19-20H,5-7H2/t9-,10+,12-,15-,16?/m0/s1. The van der Waals surface area contributed by atoms with Crippen molar-refractivity contribution in [3.8, 4) is 11.5 Å². The molecule has 2 N–H and O–H groups in total. The van der Waals surface area contributed by atoms with Crippen LogP contribution in [-0.4, -0.2) is 40.0 Å². The van der Waals surface area contributed by atoms with Gasteiger partial charge < -0.3 is 14.9 Å². The van der Waals surface area contributed by atoms with Crippen LogP contribution < -0.4 is 4.74 Å². The minimum atomic E-state index is -0.703. The molecule has 4 aliphatic rings. The van der Waals surface area contributed by atoms with Crippen LogP contribution in [0.1, 0.15) is 17.5 Å². The van der Waals surface area contributed by atoms with Gasteiger partial charge in [0, 0.05) is 23.4 Å². The molecule has 6 heteroatoms. The summed E-state index contributed by atoms with van der Waals surface area (Å²) in [6, 6.07) is 3.53. The first-order valence-electron chi connectivity index (χ1n) is 7.65. The maximum atomic E-state index is 11.2. The second-order valence-electron chi connectivity index (χ2n) is 6.69. The van der Waals surface area contributed by atoms with Gasteiger partial charge in [0.2, 0.25) is 0 Å². The van der Waals surface area contributed by atoms with Crippen LogP contribution in [0.4, 0.5) is 0 Å². The summed E-state index contributed by atoms with van der Waals surface area (Å²) in [5.74, 6) is 0.715. The van der Waals surface area contributed by atoms with E-state index in [1.165, 1.54) is 0 Å². The van der Waals surface area contributed by atoms with Crippen molar-refractivity contribution in [2.75, 3.05) is 6.54 Å². The molecule has 6 nitrogen and oxygen atoms in total. The Morgan fingerprint density at radius 3 is 3.05 bits per heavy atom. The Balaban J connectivity index is 1.82. The fourth-order valence-electron chi connectivity index (χ4n) is 5.14. The summed E-state index contributed by atoms with van der Waals surface area (Å²) in [6.45, 7) is 0.555. The second-order valence-corrected chi connectivity index (χ2v) is 6.69. The third kappa shape index (κ3) is 1.18. The molecule has 1 unspecified atom stereocenters. The number of hydrogen-bond acceptors (Lipinski definition) is 5. The summed E-state index contributed by atoms with van der Waals surface area (Å²) >= 11 is 0. The topological polar surface area (TPSA) is 82.4 Å². The fraction of sp³-hybridized carbons (Fsp3) is 0.500. The summed E-state index contributed by atoms with van der Waals surface area (Å²) in [7, 11) is 0. The van der Waals surface area contributed by atoms with Gasteiger partial charge in [-0.15, -0.1) is 4.91 Å². The van der Waals surface area contributed by atoms with Crippen LogP contribution in [0.3, 0.4) is 0 Å². The highest BCUT2D eigenvalue weighted by Crippen LogP contribution is 2.62. The van der Waals surface area contributed by atoms with Crippen LogP contribution in [-0.2, 0) is 11.8 Å². The molecule has 0 aromatic heterocycles. The van der Waals surface area contributed by atoms with Gasteiger partial charge in [0.1, 0.15) is 12.2 Å². The number of aliphatic hydroxyl groups excluding tert-OH is 1. The van der Waals surface area contributed by atoms with Gasteiger partial charge in [-0.3, -0.25) is 5.01 Å². The molecule has 0 saturated carbocycles. The van der Waals surface area contributed by atoms with Gasteiger partial charge >= 0.3 is 0 Å². The van der Waals surface area contributed by atoms with E-state index in [9.17, 15) is 15.1 Å². The third-order valence-corrected chi connectivity index (χ3v) is 5.95. The van der Waals surface area contributed by atoms with Crippen LogP contribution in [0, 0.1) is 10.8 Å². The molecule has 0 amide bonds. The van der Waals surface area contributed by atoms with Crippen molar-refractivity contribution in [1.82, 2.24) is 5.01 Å². The number of nitrogens with zero attached hydrogens (tertiary/aromatic N) is 2. The Kier molecular flexibility index (Phi) is 2.16. The molecule has 1 fully saturated rings. The SMILES string of the molecule is O=NN1CCC23c4c5ccc(O)c4O[C@H]2[C@@H](O)C=C[C@H]3[C@H]1C5. The zero-order chi connectivity index (χ0) is 15.1. The highest BCUT2D eigenvalue weighted by atomic mass is 16.5. The Morgan fingerprint density at radius 2 is 2.23 bits per heavy atom. The number of rotatable bonds is 1. The Labute approximate surface area is 126 Å². The van der Waals surface area contributed by atoms with Crippen molar-refractivity contribution >= 4 is 0 Å². The van der Waals surface area contributed by atoms with Crippen molar-refractivity contribution in [2.24, 2.45) is 11.2 Å². The normalized spacial score (nSPS) is 40.1. The minimum Gasteiger partial charge on any atom is -0.504 e. The molecule has 0 radical (unpaired) electrons. The molecule has 22 heavy (non-hydrogen) atoms. The zero-order valence-corrected chi connectivity index (χ0v) is 11.8. The lowest BCUT2D eigenvalue weighted by molar-refractivity contribution is -0.0516. The number of ether oxygens (including phenoxy) is 1. The summed E-state index contributed by atoms with van der Waals surface area (Å²) < 4.78 is 6.01. The number of piperidine rings is 1.